The standard InChI is InChI=1S/C51H39N.C47H35N.C39H31N/c1-51(2)49-21-13-12-20-47(49)48-31-30-46(35-50(48)51)52(44-26-22-39(23-27-44)36-14-6-3-7-15-36)45-28-24-40(25-29-45)43-33-41(37-16-8-4-9-17-37)32-42(34-43)38-18-10-5-11-19-38;1-47(2)45-14-8-7-13-43(45)44-28-27-42(31-46(44)47)48(40-23-19-34(20-24-40)38-17-15-32-9-3-5-11-36(32)29-38)41-25-21-35(22-26-41)39-18-16-33-10-4-6-12-37(33)30-39;1-39(2)37-16-10-9-15-35(37)36-26-25-34(27-38(36)39)40(32-21-17-30(18-22-32)28-11-5-3-6-12-28)33-23-19-31(20-24-33)29-13-7-4-8-14-29/h3-35H,1-2H3;3-31H,1-2H3;3-27H,1-2H3. The second-order valence-corrected chi connectivity index (χ2v) is 38.7. The molecular weight excluding hydrogens is 1690 g/mol. The molecule has 0 saturated carbocycles. The first kappa shape index (κ1) is 86.8. The van der Waals surface area contributed by atoms with E-state index in [0.29, 0.717) is 0 Å². The van der Waals surface area contributed by atoms with Gasteiger partial charge in [-0.2, -0.15) is 0 Å². The molecule has 0 spiro atoms. The Morgan fingerprint density at radius 1 is 0.114 bits per heavy atom. The SMILES string of the molecule is CC1(C)c2ccccc2-c2ccc(N(c3ccc(-c4ccc5ccccc5c4)cc3)c3ccc(-c4ccc5ccccc5c4)cc3)cc21.CC1(C)c2ccccc2-c2ccc(N(c3ccc(-c4ccccc4)cc3)c3ccc(-c4cc(-c5ccccc5)cc(-c5ccccc5)c4)cc3)cc21.CC1(C)c2ccccc2-c2ccc(N(c3ccc(-c4ccccc4)cc3)c3ccc(-c4ccccc4)cc3)cc21. The molecule has 0 unspecified atom stereocenters. The summed E-state index contributed by atoms with van der Waals surface area (Å²) in [5.74, 6) is 0. The van der Waals surface area contributed by atoms with Gasteiger partial charge in [-0.3, -0.25) is 0 Å². The lowest BCUT2D eigenvalue weighted by molar-refractivity contribution is 0.660. The highest BCUT2D eigenvalue weighted by atomic mass is 15.2. The van der Waals surface area contributed by atoms with Gasteiger partial charge in [0.2, 0.25) is 0 Å². The van der Waals surface area contributed by atoms with Gasteiger partial charge < -0.3 is 14.7 Å². The molecule has 0 fully saturated rings. The van der Waals surface area contributed by atoms with Crippen LogP contribution in [0.3, 0.4) is 0 Å². The summed E-state index contributed by atoms with van der Waals surface area (Å²) in [5.41, 5.74) is 45.7. The first-order valence-corrected chi connectivity index (χ1v) is 48.8. The number of hydrogen-bond acceptors (Lipinski definition) is 3. The van der Waals surface area contributed by atoms with Gasteiger partial charge in [0.05, 0.1) is 0 Å². The van der Waals surface area contributed by atoms with E-state index in [9.17, 15) is 0 Å². The Bertz CT molecular complexity index is 8030. The lowest BCUT2D eigenvalue weighted by Crippen LogP contribution is -2.16. The number of benzene rings is 22. The third-order valence-corrected chi connectivity index (χ3v) is 29.2. The Hall–Kier alpha value is -17.2. The van der Waals surface area contributed by atoms with E-state index in [2.05, 4.69) is 584 Å². The van der Waals surface area contributed by atoms with Crippen molar-refractivity contribution in [3.05, 3.63) is 561 Å². The van der Waals surface area contributed by atoms with Crippen LogP contribution in [0.15, 0.2) is 528 Å². The molecule has 3 nitrogen and oxygen atoms in total. The van der Waals surface area contributed by atoms with E-state index < -0.39 is 0 Å². The summed E-state index contributed by atoms with van der Waals surface area (Å²) in [6.07, 6.45) is 0. The van der Waals surface area contributed by atoms with E-state index in [1.165, 1.54) is 183 Å². The molecule has 0 radical (unpaired) electrons. The van der Waals surface area contributed by atoms with Crippen molar-refractivity contribution in [2.45, 2.75) is 57.8 Å². The van der Waals surface area contributed by atoms with Gasteiger partial charge in [-0.1, -0.05) is 430 Å². The van der Waals surface area contributed by atoms with Crippen LogP contribution >= 0.6 is 0 Å². The highest BCUT2D eigenvalue weighted by Gasteiger charge is 2.39. The fourth-order valence-electron chi connectivity index (χ4n) is 21.7. The molecule has 22 aromatic rings. The monoisotopic (exact) mass is 1790 g/mol. The maximum atomic E-state index is 2.41. The minimum Gasteiger partial charge on any atom is -0.310 e. The molecule has 3 heteroatoms. The van der Waals surface area contributed by atoms with Crippen molar-refractivity contribution < 1.29 is 0 Å². The van der Waals surface area contributed by atoms with Gasteiger partial charge in [0.1, 0.15) is 0 Å². The molecular formula is C137H105N3. The minimum absolute atomic E-state index is 0.0536. The van der Waals surface area contributed by atoms with Gasteiger partial charge in [-0.05, 0) is 317 Å². The zero-order chi connectivity index (χ0) is 94.4. The number of fused-ring (bicyclic) bond motifs is 11. The third-order valence-electron chi connectivity index (χ3n) is 29.2. The Labute approximate surface area is 822 Å². The molecule has 0 bridgehead atoms. The van der Waals surface area contributed by atoms with Crippen molar-refractivity contribution in [3.63, 3.8) is 0 Å². The van der Waals surface area contributed by atoms with Crippen molar-refractivity contribution >= 4 is 72.7 Å². The maximum absolute atomic E-state index is 2.41. The van der Waals surface area contributed by atoms with Crippen molar-refractivity contribution in [1.82, 2.24) is 0 Å². The molecule has 140 heavy (non-hydrogen) atoms. The third kappa shape index (κ3) is 16.6. The van der Waals surface area contributed by atoms with Crippen LogP contribution in [0.25, 0.3) is 144 Å². The van der Waals surface area contributed by atoms with Gasteiger partial charge in [-0.25, -0.2) is 0 Å². The van der Waals surface area contributed by atoms with Gasteiger partial charge in [0.15, 0.2) is 0 Å². The summed E-state index contributed by atoms with van der Waals surface area (Å²) in [4.78, 5) is 7.17. The fourth-order valence-corrected chi connectivity index (χ4v) is 21.7. The van der Waals surface area contributed by atoms with E-state index in [1.54, 1.807) is 0 Å². The Morgan fingerprint density at radius 3 is 0.550 bits per heavy atom. The topological polar surface area (TPSA) is 9.72 Å². The molecule has 668 valence electrons. The highest BCUT2D eigenvalue weighted by molar-refractivity contribution is 5.95. The fraction of sp³-hybridized carbons (Fsp3) is 0.0657. The van der Waals surface area contributed by atoms with Crippen LogP contribution in [-0.2, 0) is 16.2 Å². The maximum Gasteiger partial charge on any atom is 0.0465 e. The van der Waals surface area contributed by atoms with Crippen LogP contribution in [0.5, 0.6) is 0 Å². The van der Waals surface area contributed by atoms with Gasteiger partial charge in [-0.15, -0.1) is 0 Å². The molecule has 0 saturated heterocycles. The summed E-state index contributed by atoms with van der Waals surface area (Å²) in [6.45, 7) is 14.1. The first-order valence-electron chi connectivity index (χ1n) is 48.8. The summed E-state index contributed by atoms with van der Waals surface area (Å²) in [5, 5.41) is 5.04. The zero-order valence-electron chi connectivity index (χ0n) is 79.6. The molecule has 0 atom stereocenters. The van der Waals surface area contributed by atoms with Crippen molar-refractivity contribution in [3.8, 4) is 122 Å². The molecule has 0 heterocycles. The summed E-state index contributed by atoms with van der Waals surface area (Å²) in [7, 11) is 0. The molecule has 0 amide bonds. The lowest BCUT2D eigenvalue weighted by Gasteiger charge is -2.28. The number of anilines is 9. The second-order valence-electron chi connectivity index (χ2n) is 38.7. The van der Waals surface area contributed by atoms with Crippen LogP contribution < -0.4 is 14.7 Å². The van der Waals surface area contributed by atoms with E-state index in [0.717, 1.165) is 45.5 Å². The molecule has 0 aromatic heterocycles. The second kappa shape index (κ2) is 36.8. The van der Waals surface area contributed by atoms with E-state index in [1.807, 2.05) is 0 Å². The largest absolute Gasteiger partial charge is 0.310 e. The first-order chi connectivity index (χ1) is 68.6. The van der Waals surface area contributed by atoms with Crippen LogP contribution in [0, 0.1) is 0 Å². The van der Waals surface area contributed by atoms with Gasteiger partial charge >= 0.3 is 0 Å². The van der Waals surface area contributed by atoms with E-state index in [4.69, 9.17) is 0 Å². The Morgan fingerprint density at radius 2 is 0.293 bits per heavy atom. The Kier molecular flexibility index (Phi) is 22.8. The smallest absolute Gasteiger partial charge is 0.0465 e. The predicted molar refractivity (Wildman–Crippen MR) is 595 cm³/mol. The molecule has 0 aliphatic heterocycles. The molecule has 3 aliphatic rings. The van der Waals surface area contributed by atoms with Crippen LogP contribution in [0.1, 0.15) is 74.9 Å². The number of nitrogens with zero attached hydrogens (tertiary/aromatic N) is 3. The molecule has 22 aromatic carbocycles. The zero-order valence-corrected chi connectivity index (χ0v) is 79.6. The van der Waals surface area contributed by atoms with Crippen LogP contribution in [0.4, 0.5) is 51.2 Å². The van der Waals surface area contributed by atoms with Gasteiger partial charge in [0.25, 0.3) is 0 Å². The normalized spacial score (nSPS) is 12.8. The van der Waals surface area contributed by atoms with E-state index in [-0.39, 0.29) is 16.2 Å². The molecule has 25 rings (SSSR count). The minimum atomic E-state index is -0.0884. The van der Waals surface area contributed by atoms with Crippen LogP contribution in [-0.4, -0.2) is 0 Å². The average molecular weight is 1790 g/mol. The number of rotatable bonds is 17. The number of hydrogen-bond donors (Lipinski definition) is 0. The summed E-state index contributed by atoms with van der Waals surface area (Å²) >= 11 is 0. The van der Waals surface area contributed by atoms with Gasteiger partial charge in [0, 0.05) is 67.4 Å². The van der Waals surface area contributed by atoms with Crippen molar-refractivity contribution in [2.24, 2.45) is 0 Å². The quantitative estimate of drug-likeness (QED) is 0.0900. The molecule has 0 N–H and O–H groups in total. The Balaban J connectivity index is 0.000000118. The molecule has 3 aliphatic carbocycles. The van der Waals surface area contributed by atoms with Crippen molar-refractivity contribution in [2.75, 3.05) is 14.7 Å². The average Bonchev–Trinajstić information content (AvgIpc) is 1.58. The lowest BCUT2D eigenvalue weighted by atomic mass is 9.82. The van der Waals surface area contributed by atoms with Crippen molar-refractivity contribution in [1.29, 1.82) is 0 Å². The van der Waals surface area contributed by atoms with Crippen LogP contribution in [0.2, 0.25) is 0 Å². The predicted octanol–water partition coefficient (Wildman–Crippen LogP) is 38.0. The van der Waals surface area contributed by atoms with E-state index >= 15 is 0 Å². The highest BCUT2D eigenvalue weighted by Crippen LogP contribution is 2.55. The summed E-state index contributed by atoms with van der Waals surface area (Å²) < 4.78 is 0. The summed E-state index contributed by atoms with van der Waals surface area (Å²) in [6, 6.07) is 192.